The van der Waals surface area contributed by atoms with Gasteiger partial charge in [0, 0.05) is 11.8 Å². The Morgan fingerprint density at radius 2 is 1.83 bits per heavy atom. The molecule has 23 heavy (non-hydrogen) atoms. The van der Waals surface area contributed by atoms with E-state index >= 15 is 0 Å². The van der Waals surface area contributed by atoms with Crippen LogP contribution in [0.2, 0.25) is 0 Å². The number of esters is 1. The molecular formula is C20H23NO2. The molecule has 0 heterocycles. The van der Waals surface area contributed by atoms with Crippen molar-refractivity contribution >= 4 is 11.7 Å². The van der Waals surface area contributed by atoms with Crippen molar-refractivity contribution in [3.05, 3.63) is 77.9 Å². The van der Waals surface area contributed by atoms with Crippen molar-refractivity contribution in [3.8, 4) is 0 Å². The first kappa shape index (κ1) is 16.8. The summed E-state index contributed by atoms with van der Waals surface area (Å²) >= 11 is 0. The van der Waals surface area contributed by atoms with Gasteiger partial charge in [-0.2, -0.15) is 0 Å². The Hall–Kier alpha value is -2.55. The maximum atomic E-state index is 11.4. The number of anilines is 1. The average molecular weight is 309 g/mol. The van der Waals surface area contributed by atoms with Crippen LogP contribution in [-0.2, 0) is 9.53 Å². The fourth-order valence-electron chi connectivity index (χ4n) is 2.31. The third kappa shape index (κ3) is 5.62. The average Bonchev–Trinajstić information content (AvgIpc) is 2.57. The lowest BCUT2D eigenvalue weighted by atomic mass is 10.0. The zero-order valence-electron chi connectivity index (χ0n) is 13.7. The number of hydrogen-bond acceptors (Lipinski definition) is 3. The van der Waals surface area contributed by atoms with Crippen molar-refractivity contribution < 1.29 is 9.53 Å². The van der Waals surface area contributed by atoms with Gasteiger partial charge in [0.1, 0.15) is 0 Å². The molecule has 3 heteroatoms. The standard InChI is InChI=1S/C20H23NO2/c1-3-23-20(22)11-7-10-19(17-8-5-4-6-9-17)21-18-14-12-16(2)13-15-18/h4-9,11-15,19,21H,3,10H2,1-2H3/b11-7+/t19-/m0/s1. The van der Waals surface area contributed by atoms with Gasteiger partial charge in [-0.25, -0.2) is 4.79 Å². The first-order chi connectivity index (χ1) is 11.2. The van der Waals surface area contributed by atoms with Gasteiger partial charge in [0.2, 0.25) is 0 Å². The summed E-state index contributed by atoms with van der Waals surface area (Å²) in [6.07, 6.45) is 4.06. The molecule has 0 aliphatic rings. The Balaban J connectivity index is 2.09. The van der Waals surface area contributed by atoms with Crippen LogP contribution in [0.15, 0.2) is 66.7 Å². The minimum absolute atomic E-state index is 0.101. The highest BCUT2D eigenvalue weighted by Crippen LogP contribution is 2.23. The fourth-order valence-corrected chi connectivity index (χ4v) is 2.31. The monoisotopic (exact) mass is 309 g/mol. The molecule has 0 saturated carbocycles. The van der Waals surface area contributed by atoms with Crippen molar-refractivity contribution in [2.45, 2.75) is 26.3 Å². The largest absolute Gasteiger partial charge is 0.463 e. The van der Waals surface area contributed by atoms with E-state index in [4.69, 9.17) is 4.74 Å². The summed E-state index contributed by atoms with van der Waals surface area (Å²) in [5.74, 6) is -0.297. The van der Waals surface area contributed by atoms with Crippen molar-refractivity contribution in [2.75, 3.05) is 11.9 Å². The van der Waals surface area contributed by atoms with Gasteiger partial charge in [0.25, 0.3) is 0 Å². The molecule has 2 aromatic carbocycles. The normalized spacial score (nSPS) is 12.1. The van der Waals surface area contributed by atoms with Crippen LogP contribution < -0.4 is 5.32 Å². The number of carbonyl (C=O) groups excluding carboxylic acids is 1. The minimum atomic E-state index is -0.297. The van der Waals surface area contributed by atoms with Crippen LogP contribution in [0.4, 0.5) is 5.69 Å². The third-order valence-corrected chi connectivity index (χ3v) is 3.51. The number of rotatable bonds is 7. The molecule has 0 fully saturated rings. The van der Waals surface area contributed by atoms with E-state index in [2.05, 4.69) is 48.6 Å². The lowest BCUT2D eigenvalue weighted by Crippen LogP contribution is -2.10. The number of benzene rings is 2. The summed E-state index contributed by atoms with van der Waals surface area (Å²) in [6.45, 7) is 4.27. The number of aryl methyl sites for hydroxylation is 1. The van der Waals surface area contributed by atoms with Gasteiger partial charge in [0.05, 0.1) is 12.6 Å². The molecule has 1 N–H and O–H groups in total. The Labute approximate surface area is 138 Å². The van der Waals surface area contributed by atoms with Crippen LogP contribution in [0, 0.1) is 6.92 Å². The Morgan fingerprint density at radius 1 is 1.13 bits per heavy atom. The number of ether oxygens (including phenoxy) is 1. The molecule has 0 bridgehead atoms. The lowest BCUT2D eigenvalue weighted by Gasteiger charge is -2.19. The molecule has 0 aliphatic carbocycles. The zero-order chi connectivity index (χ0) is 16.5. The van der Waals surface area contributed by atoms with Gasteiger partial charge >= 0.3 is 5.97 Å². The highest BCUT2D eigenvalue weighted by atomic mass is 16.5. The highest BCUT2D eigenvalue weighted by Gasteiger charge is 2.09. The predicted octanol–water partition coefficient (Wildman–Crippen LogP) is 4.66. The number of nitrogens with one attached hydrogen (secondary N) is 1. The highest BCUT2D eigenvalue weighted by molar-refractivity contribution is 5.81. The third-order valence-electron chi connectivity index (χ3n) is 3.51. The van der Waals surface area contributed by atoms with E-state index in [1.165, 1.54) is 17.2 Å². The van der Waals surface area contributed by atoms with Crippen LogP contribution in [-0.4, -0.2) is 12.6 Å². The number of hydrogen-bond donors (Lipinski definition) is 1. The number of carbonyl (C=O) groups is 1. The minimum Gasteiger partial charge on any atom is -0.463 e. The van der Waals surface area contributed by atoms with E-state index in [-0.39, 0.29) is 12.0 Å². The van der Waals surface area contributed by atoms with Crippen molar-refractivity contribution in [2.24, 2.45) is 0 Å². The molecule has 2 aromatic rings. The van der Waals surface area contributed by atoms with E-state index in [1.807, 2.05) is 24.3 Å². The first-order valence-corrected chi connectivity index (χ1v) is 7.90. The second-order valence-corrected chi connectivity index (χ2v) is 5.36. The van der Waals surface area contributed by atoms with Crippen molar-refractivity contribution in [3.63, 3.8) is 0 Å². The zero-order valence-corrected chi connectivity index (χ0v) is 13.7. The van der Waals surface area contributed by atoms with Gasteiger partial charge in [-0.1, -0.05) is 54.1 Å². The summed E-state index contributed by atoms with van der Waals surface area (Å²) in [5.41, 5.74) is 3.48. The maximum absolute atomic E-state index is 11.4. The van der Waals surface area contributed by atoms with E-state index in [0.29, 0.717) is 13.0 Å². The van der Waals surface area contributed by atoms with Gasteiger partial charge in [0.15, 0.2) is 0 Å². The van der Waals surface area contributed by atoms with Crippen LogP contribution in [0.25, 0.3) is 0 Å². The van der Waals surface area contributed by atoms with Gasteiger partial charge in [-0.15, -0.1) is 0 Å². The second kappa shape index (κ2) is 8.79. The Morgan fingerprint density at radius 3 is 2.48 bits per heavy atom. The summed E-state index contributed by atoms with van der Waals surface area (Å²) in [7, 11) is 0. The molecule has 1 atom stereocenters. The smallest absolute Gasteiger partial charge is 0.330 e. The summed E-state index contributed by atoms with van der Waals surface area (Å²) in [6, 6.07) is 18.6. The van der Waals surface area contributed by atoms with Gasteiger partial charge in [-0.3, -0.25) is 0 Å². The molecule has 0 spiro atoms. The molecule has 3 nitrogen and oxygen atoms in total. The topological polar surface area (TPSA) is 38.3 Å². The molecule has 0 aromatic heterocycles. The van der Waals surface area contributed by atoms with E-state index < -0.39 is 0 Å². The lowest BCUT2D eigenvalue weighted by molar-refractivity contribution is -0.137. The molecule has 0 amide bonds. The summed E-state index contributed by atoms with van der Waals surface area (Å²) in [4.78, 5) is 11.4. The maximum Gasteiger partial charge on any atom is 0.330 e. The van der Waals surface area contributed by atoms with E-state index in [1.54, 1.807) is 6.92 Å². The summed E-state index contributed by atoms with van der Waals surface area (Å²) in [5, 5.41) is 3.52. The van der Waals surface area contributed by atoms with Gasteiger partial charge < -0.3 is 10.1 Å². The first-order valence-electron chi connectivity index (χ1n) is 7.90. The van der Waals surface area contributed by atoms with Crippen LogP contribution in [0.5, 0.6) is 0 Å². The summed E-state index contributed by atoms with van der Waals surface area (Å²) < 4.78 is 4.91. The molecular weight excluding hydrogens is 286 g/mol. The molecule has 0 aliphatic heterocycles. The van der Waals surface area contributed by atoms with Crippen LogP contribution in [0.3, 0.4) is 0 Å². The van der Waals surface area contributed by atoms with Crippen molar-refractivity contribution in [1.29, 1.82) is 0 Å². The second-order valence-electron chi connectivity index (χ2n) is 5.36. The SMILES string of the molecule is CCOC(=O)/C=C/C[C@H](Nc1ccc(C)cc1)c1ccccc1. The Kier molecular flexibility index (Phi) is 6.42. The van der Waals surface area contributed by atoms with Crippen LogP contribution in [0.1, 0.15) is 30.5 Å². The Bertz CT molecular complexity index is 632. The molecule has 2 rings (SSSR count). The van der Waals surface area contributed by atoms with Crippen LogP contribution >= 0.6 is 0 Å². The van der Waals surface area contributed by atoms with Crippen molar-refractivity contribution in [1.82, 2.24) is 0 Å². The van der Waals surface area contributed by atoms with E-state index in [9.17, 15) is 4.79 Å². The fraction of sp³-hybridized carbons (Fsp3) is 0.250. The molecule has 120 valence electrons. The molecule has 0 radical (unpaired) electrons. The molecule has 0 unspecified atom stereocenters. The van der Waals surface area contributed by atoms with Gasteiger partial charge in [-0.05, 0) is 38.0 Å². The quantitative estimate of drug-likeness (QED) is 0.597. The molecule has 0 saturated heterocycles. The predicted molar refractivity (Wildman–Crippen MR) is 94.4 cm³/mol. The van der Waals surface area contributed by atoms with E-state index in [0.717, 1.165) is 5.69 Å².